The number of fused-ring (bicyclic) bond motifs is 2. The predicted octanol–water partition coefficient (Wildman–Crippen LogP) is 4.90. The predicted molar refractivity (Wildman–Crippen MR) is 97.4 cm³/mol. The molecule has 0 aromatic heterocycles. The highest BCUT2D eigenvalue weighted by atomic mass is 15.1. The summed E-state index contributed by atoms with van der Waals surface area (Å²) in [6.45, 7) is 2.16. The maximum Gasteiger partial charge on any atom is 0.0888 e. The first-order chi connectivity index (χ1) is 11.2. The Labute approximate surface area is 139 Å². The smallest absolute Gasteiger partial charge is 0.0888 e. The minimum absolute atomic E-state index is 0.422. The molecule has 2 unspecified atom stereocenters. The van der Waals surface area contributed by atoms with Gasteiger partial charge in [0.15, 0.2) is 0 Å². The Hall–Kier alpha value is -2.20. The van der Waals surface area contributed by atoms with Gasteiger partial charge in [-0.1, -0.05) is 47.6 Å². The molecule has 0 radical (unpaired) electrons. The van der Waals surface area contributed by atoms with Crippen molar-refractivity contribution < 1.29 is 0 Å². The zero-order valence-electron chi connectivity index (χ0n) is 14.0. The molecule has 0 N–H and O–H groups in total. The van der Waals surface area contributed by atoms with E-state index in [0.29, 0.717) is 12.0 Å². The van der Waals surface area contributed by atoms with E-state index in [9.17, 15) is 0 Å². The van der Waals surface area contributed by atoms with Gasteiger partial charge < -0.3 is 4.90 Å². The maximum absolute atomic E-state index is 3.41. The monoisotopic (exact) mass is 301 g/mol. The Kier molecular flexibility index (Phi) is 3.62. The van der Waals surface area contributed by atoms with Crippen LogP contribution < -0.4 is 4.90 Å². The number of likely N-dealkylation sites (N-methyl/N-ethyl adjacent to an activating group) is 1. The van der Waals surface area contributed by atoms with Gasteiger partial charge in [0.1, 0.15) is 0 Å². The molecule has 0 saturated carbocycles. The van der Waals surface area contributed by atoms with Gasteiger partial charge in [-0.3, -0.25) is 0 Å². The molecule has 116 valence electrons. The van der Waals surface area contributed by atoms with Crippen LogP contribution in [0.15, 0.2) is 47.6 Å². The third kappa shape index (κ3) is 2.75. The lowest BCUT2D eigenvalue weighted by Gasteiger charge is -2.29. The van der Waals surface area contributed by atoms with E-state index in [1.165, 1.54) is 29.5 Å². The van der Waals surface area contributed by atoms with Crippen LogP contribution in [0.3, 0.4) is 0 Å². The molecule has 3 aliphatic carbocycles. The average Bonchev–Trinajstić information content (AvgIpc) is 2.59. The molecular weight excluding hydrogens is 278 g/mol. The zero-order chi connectivity index (χ0) is 15.8. The summed E-state index contributed by atoms with van der Waals surface area (Å²) >= 11 is 0. The quantitative estimate of drug-likeness (QED) is 0.702. The molecule has 1 aromatic rings. The number of nitrogens with zero attached hydrogens (tertiary/aromatic N) is 1. The second-order valence-corrected chi connectivity index (χ2v) is 6.94. The molecule has 1 aromatic carbocycles. The number of hydrogen-bond acceptors (Lipinski definition) is 1. The summed E-state index contributed by atoms with van der Waals surface area (Å²) < 4.78 is 0. The van der Waals surface area contributed by atoms with E-state index in [4.69, 9.17) is 0 Å². The number of anilines is 1. The molecule has 3 aliphatic rings. The van der Waals surface area contributed by atoms with Crippen molar-refractivity contribution in [1.29, 1.82) is 0 Å². The molecule has 23 heavy (non-hydrogen) atoms. The van der Waals surface area contributed by atoms with E-state index in [0.717, 1.165) is 18.5 Å². The Morgan fingerprint density at radius 3 is 2.96 bits per heavy atom. The van der Waals surface area contributed by atoms with Crippen molar-refractivity contribution in [3.05, 3.63) is 70.9 Å². The standard InChI is InChI=1S/C22H23N/c1-16-7-10-21(11-8-16)23(2)22-12-9-19-13-17-5-3-4-6-18(17)14-20(19)15-22/h4,6-8,10,13,15,18,21H,3,5,11,14H2,1-2H3. The van der Waals surface area contributed by atoms with Crippen LogP contribution in [0.1, 0.15) is 37.3 Å². The first-order valence-corrected chi connectivity index (χ1v) is 8.62. The summed E-state index contributed by atoms with van der Waals surface area (Å²) in [4.78, 5) is 2.33. The van der Waals surface area contributed by atoms with Gasteiger partial charge in [-0.15, -0.1) is 0 Å². The van der Waals surface area contributed by atoms with Gasteiger partial charge in [0.05, 0.1) is 11.7 Å². The normalized spacial score (nSPS) is 25.0. The largest absolute Gasteiger partial charge is 0.361 e. The van der Waals surface area contributed by atoms with Crippen LogP contribution >= 0.6 is 0 Å². The average molecular weight is 301 g/mol. The molecule has 0 aliphatic heterocycles. The first kappa shape index (κ1) is 14.4. The van der Waals surface area contributed by atoms with Gasteiger partial charge in [-0.25, -0.2) is 0 Å². The van der Waals surface area contributed by atoms with Gasteiger partial charge in [-0.2, -0.15) is 0 Å². The third-order valence-electron chi connectivity index (χ3n) is 5.34. The van der Waals surface area contributed by atoms with Crippen LogP contribution in [0.2, 0.25) is 0 Å². The van der Waals surface area contributed by atoms with Crippen molar-refractivity contribution in [3.8, 4) is 0 Å². The SMILES string of the molecule is CC1=CCC(N(C)c2c#cc3c(c2)CC2C=CCCC2=C3)C=C1. The Morgan fingerprint density at radius 1 is 1.22 bits per heavy atom. The van der Waals surface area contributed by atoms with E-state index in [1.54, 1.807) is 5.57 Å². The lowest BCUT2D eigenvalue weighted by atomic mass is 9.79. The minimum Gasteiger partial charge on any atom is -0.361 e. The van der Waals surface area contributed by atoms with Crippen LogP contribution in [0, 0.1) is 18.1 Å². The van der Waals surface area contributed by atoms with Crippen LogP contribution in [0.4, 0.5) is 5.69 Å². The van der Waals surface area contributed by atoms with Crippen molar-refractivity contribution in [2.24, 2.45) is 5.92 Å². The topological polar surface area (TPSA) is 3.24 Å². The second-order valence-electron chi connectivity index (χ2n) is 6.94. The van der Waals surface area contributed by atoms with Crippen molar-refractivity contribution in [3.63, 3.8) is 0 Å². The van der Waals surface area contributed by atoms with E-state index in [2.05, 4.69) is 73.5 Å². The number of hydrogen-bond donors (Lipinski definition) is 0. The summed E-state index contributed by atoms with van der Waals surface area (Å²) in [5.74, 6) is 0.602. The Bertz CT molecular complexity index is 732. The minimum atomic E-state index is 0.422. The molecule has 0 fully saturated rings. The van der Waals surface area contributed by atoms with Crippen molar-refractivity contribution in [2.75, 3.05) is 11.9 Å². The van der Waals surface area contributed by atoms with Crippen LogP contribution in [0.25, 0.3) is 6.08 Å². The summed E-state index contributed by atoms with van der Waals surface area (Å²) in [5.41, 5.74) is 6.75. The highest BCUT2D eigenvalue weighted by molar-refractivity contribution is 5.63. The lowest BCUT2D eigenvalue weighted by Crippen LogP contribution is -2.30. The van der Waals surface area contributed by atoms with Gasteiger partial charge in [0.2, 0.25) is 0 Å². The fraction of sp³-hybridized carbons (Fsp3) is 0.364. The van der Waals surface area contributed by atoms with Crippen molar-refractivity contribution in [2.45, 2.75) is 38.6 Å². The lowest BCUT2D eigenvalue weighted by molar-refractivity contribution is 0.674. The maximum atomic E-state index is 3.41. The van der Waals surface area contributed by atoms with Crippen LogP contribution in [-0.2, 0) is 6.42 Å². The molecule has 0 amide bonds. The van der Waals surface area contributed by atoms with Gasteiger partial charge >= 0.3 is 0 Å². The van der Waals surface area contributed by atoms with Gasteiger partial charge in [0.25, 0.3) is 0 Å². The molecule has 4 rings (SSSR count). The first-order valence-electron chi connectivity index (χ1n) is 8.62. The summed E-state index contributed by atoms with van der Waals surface area (Å²) in [6.07, 6.45) is 18.5. The highest BCUT2D eigenvalue weighted by Gasteiger charge is 2.22. The van der Waals surface area contributed by atoms with Gasteiger partial charge in [-0.05, 0) is 56.4 Å². The Balaban J connectivity index is 1.60. The molecule has 1 heteroatoms. The van der Waals surface area contributed by atoms with E-state index in [1.807, 2.05) is 0 Å². The van der Waals surface area contributed by atoms with E-state index < -0.39 is 0 Å². The molecule has 1 nitrogen and oxygen atoms in total. The van der Waals surface area contributed by atoms with E-state index in [-0.39, 0.29) is 0 Å². The van der Waals surface area contributed by atoms with Crippen LogP contribution in [0.5, 0.6) is 0 Å². The van der Waals surface area contributed by atoms with E-state index >= 15 is 0 Å². The molecule has 0 saturated heterocycles. The molecular formula is C22H23N. The molecule has 0 bridgehead atoms. The summed E-state index contributed by atoms with van der Waals surface area (Å²) in [6, 6.07) is 9.54. The van der Waals surface area contributed by atoms with Crippen molar-refractivity contribution in [1.82, 2.24) is 0 Å². The molecule has 0 spiro atoms. The van der Waals surface area contributed by atoms with Gasteiger partial charge in [0, 0.05) is 18.5 Å². The molecule has 0 heterocycles. The number of allylic oxidation sites excluding steroid dienone is 5. The second kappa shape index (κ2) is 5.78. The summed E-state index contributed by atoms with van der Waals surface area (Å²) in [5, 5.41) is 0. The molecule has 2 atom stereocenters. The van der Waals surface area contributed by atoms with Crippen LogP contribution in [-0.4, -0.2) is 13.1 Å². The fourth-order valence-electron chi connectivity index (χ4n) is 3.78. The highest BCUT2D eigenvalue weighted by Crippen LogP contribution is 2.35. The Morgan fingerprint density at radius 2 is 2.13 bits per heavy atom. The zero-order valence-corrected chi connectivity index (χ0v) is 14.0. The third-order valence-corrected chi connectivity index (χ3v) is 5.34. The summed E-state index contributed by atoms with van der Waals surface area (Å²) in [7, 11) is 2.17. The number of rotatable bonds is 2. The fourth-order valence-corrected chi connectivity index (χ4v) is 3.78. The van der Waals surface area contributed by atoms with Crippen molar-refractivity contribution >= 4 is 11.8 Å².